The van der Waals surface area contributed by atoms with Crippen molar-refractivity contribution in [1.29, 1.82) is 0 Å². The molecule has 6 heteroatoms. The topological polar surface area (TPSA) is 75.6 Å². The number of carbonyl (C=O) groups is 1. The summed E-state index contributed by atoms with van der Waals surface area (Å²) >= 11 is 0. The van der Waals surface area contributed by atoms with E-state index in [1.54, 1.807) is 24.3 Å². The second-order valence-corrected chi connectivity index (χ2v) is 11.8. The summed E-state index contributed by atoms with van der Waals surface area (Å²) in [6, 6.07) is 24.8. The van der Waals surface area contributed by atoms with Crippen LogP contribution in [0.5, 0.6) is 5.75 Å². The van der Waals surface area contributed by atoms with Crippen molar-refractivity contribution in [3.63, 3.8) is 0 Å². The van der Waals surface area contributed by atoms with Crippen LogP contribution in [-0.2, 0) is 4.57 Å². The summed E-state index contributed by atoms with van der Waals surface area (Å²) in [6.07, 6.45) is 4.80. The van der Waals surface area contributed by atoms with Crippen molar-refractivity contribution in [2.75, 3.05) is 7.11 Å². The van der Waals surface area contributed by atoms with Gasteiger partial charge in [-0.05, 0) is 48.7 Å². The molecule has 3 aromatic carbocycles. The maximum Gasteiger partial charge on any atom is 0.204 e. The lowest BCUT2D eigenvalue weighted by molar-refractivity contribution is 0.0643. The van der Waals surface area contributed by atoms with Gasteiger partial charge in [0.05, 0.1) is 12.7 Å². The molecule has 1 aliphatic rings. The molecule has 1 aliphatic carbocycles. The smallest absolute Gasteiger partial charge is 0.204 e. The van der Waals surface area contributed by atoms with Crippen molar-refractivity contribution in [3.05, 3.63) is 90.5 Å². The van der Waals surface area contributed by atoms with Crippen LogP contribution in [0.1, 0.15) is 48.9 Å². The first-order valence-electron chi connectivity index (χ1n) is 12.4. The van der Waals surface area contributed by atoms with E-state index in [1.807, 2.05) is 60.7 Å². The van der Waals surface area contributed by atoms with E-state index in [-0.39, 0.29) is 0 Å². The minimum absolute atomic E-state index is 0.326. The van der Waals surface area contributed by atoms with E-state index in [9.17, 15) is 14.5 Å². The lowest BCUT2D eigenvalue weighted by atomic mass is 9.83. The Bertz CT molecular complexity index is 1100. The number of methoxy groups -OCH3 is 1. The Morgan fingerprint density at radius 2 is 1.46 bits per heavy atom. The number of para-hydroxylation sites is 1. The van der Waals surface area contributed by atoms with Gasteiger partial charge >= 0.3 is 0 Å². The van der Waals surface area contributed by atoms with Gasteiger partial charge in [0.2, 0.25) is 7.29 Å². The fraction of sp³-hybridized carbons (Fsp3) is 0.345. The predicted octanol–water partition coefficient (Wildman–Crippen LogP) is 5.10. The van der Waals surface area contributed by atoms with E-state index < -0.39 is 25.2 Å². The van der Waals surface area contributed by atoms with E-state index >= 15 is 0 Å². The van der Waals surface area contributed by atoms with Gasteiger partial charge in [0, 0.05) is 16.7 Å². The average Bonchev–Trinajstić information content (AvgIpc) is 2.93. The number of aliphatic hydroxyl groups is 1. The Labute approximate surface area is 208 Å². The molecule has 1 fully saturated rings. The zero-order valence-corrected chi connectivity index (χ0v) is 21.1. The molecular weight excluding hydrogens is 457 g/mol. The molecular formula is C29H34NO4P. The third-order valence-corrected chi connectivity index (χ3v) is 9.67. The van der Waals surface area contributed by atoms with Gasteiger partial charge in [-0.3, -0.25) is 14.4 Å². The molecule has 2 atom stereocenters. The highest BCUT2D eigenvalue weighted by atomic mass is 31.2. The lowest BCUT2D eigenvalue weighted by Crippen LogP contribution is -2.47. The highest BCUT2D eigenvalue weighted by molar-refractivity contribution is 7.76. The molecule has 35 heavy (non-hydrogen) atoms. The maximum absolute atomic E-state index is 14.7. The minimum atomic E-state index is -3.35. The van der Waals surface area contributed by atoms with Crippen LogP contribution in [0.3, 0.4) is 0 Å². The molecule has 5 nitrogen and oxygen atoms in total. The summed E-state index contributed by atoms with van der Waals surface area (Å²) in [5.74, 6) is 0.354. The number of nitrogens with one attached hydrogen (secondary N) is 1. The van der Waals surface area contributed by atoms with Crippen LogP contribution in [0, 0.1) is 5.92 Å². The van der Waals surface area contributed by atoms with Crippen LogP contribution in [-0.4, -0.2) is 30.1 Å². The molecule has 184 valence electrons. The molecule has 0 spiro atoms. The Morgan fingerprint density at radius 3 is 2.03 bits per heavy atom. The predicted molar refractivity (Wildman–Crippen MR) is 141 cm³/mol. The molecule has 4 rings (SSSR count). The van der Waals surface area contributed by atoms with Crippen molar-refractivity contribution >= 4 is 23.7 Å². The molecule has 0 heterocycles. The number of benzene rings is 3. The first kappa shape index (κ1) is 25.4. The van der Waals surface area contributed by atoms with Crippen LogP contribution in [0.25, 0.3) is 0 Å². The number of aliphatic hydroxyl groups excluding tert-OH is 1. The number of carbonyl (C=O) groups excluding carboxylic acids is 1. The fourth-order valence-electron chi connectivity index (χ4n) is 5.03. The zero-order valence-electron chi connectivity index (χ0n) is 20.2. The lowest BCUT2D eigenvalue weighted by Gasteiger charge is -2.33. The van der Waals surface area contributed by atoms with Crippen LogP contribution < -0.4 is 20.4 Å². The van der Waals surface area contributed by atoms with E-state index in [2.05, 4.69) is 5.09 Å². The van der Waals surface area contributed by atoms with Crippen molar-refractivity contribution in [2.24, 2.45) is 5.92 Å². The molecule has 0 amide bonds. The van der Waals surface area contributed by atoms with Crippen LogP contribution >= 0.6 is 7.29 Å². The third-order valence-electron chi connectivity index (χ3n) is 6.92. The van der Waals surface area contributed by atoms with Gasteiger partial charge in [-0.25, -0.2) is 0 Å². The van der Waals surface area contributed by atoms with Gasteiger partial charge in [-0.15, -0.1) is 0 Å². The summed E-state index contributed by atoms with van der Waals surface area (Å²) in [6.45, 7) is 0. The number of rotatable bonds is 10. The van der Waals surface area contributed by atoms with E-state index in [4.69, 9.17) is 4.74 Å². The van der Waals surface area contributed by atoms with E-state index in [0.717, 1.165) is 25.7 Å². The zero-order chi connectivity index (χ0) is 24.7. The molecule has 0 aliphatic heterocycles. The van der Waals surface area contributed by atoms with Crippen molar-refractivity contribution in [3.8, 4) is 5.75 Å². The number of hydrogen-bond donors (Lipinski definition) is 2. The summed E-state index contributed by atoms with van der Waals surface area (Å²) < 4.78 is 20.1. The highest BCUT2D eigenvalue weighted by Gasteiger charge is 2.37. The van der Waals surface area contributed by atoms with Crippen LogP contribution in [0.15, 0.2) is 84.9 Å². The number of Topliss-reactive ketones (excluding diaryl/α,β-unsaturated/α-hetero) is 1. The third kappa shape index (κ3) is 5.92. The van der Waals surface area contributed by atoms with Gasteiger partial charge < -0.3 is 9.84 Å². The van der Waals surface area contributed by atoms with Gasteiger partial charge in [0.25, 0.3) is 0 Å². The van der Waals surface area contributed by atoms with E-state index in [1.165, 1.54) is 13.5 Å². The minimum Gasteiger partial charge on any atom is -0.496 e. The van der Waals surface area contributed by atoms with Gasteiger partial charge in [-0.1, -0.05) is 80.6 Å². The van der Waals surface area contributed by atoms with E-state index in [0.29, 0.717) is 34.3 Å². The molecule has 0 aromatic heterocycles. The number of ether oxygens (including phenoxy) is 1. The standard InChI is InChI=1S/C29H34NO4P/c1-34-27-20-12-11-19-25(27)28(31)29(32)26(21-22-13-5-2-6-14-22)30-35(33,23-15-7-3-8-16-23)24-17-9-4-10-18-24/h3-4,7-12,15-20,22,26,29,32H,2,5-6,13-14,21H2,1H3,(H,30,33)/t26-,29-/m1/s1. The fourth-order valence-corrected chi connectivity index (χ4v) is 7.53. The molecule has 0 bridgehead atoms. The highest BCUT2D eigenvalue weighted by Crippen LogP contribution is 2.41. The number of ketones is 1. The molecule has 0 saturated heterocycles. The largest absolute Gasteiger partial charge is 0.496 e. The first-order valence-corrected chi connectivity index (χ1v) is 14.1. The SMILES string of the molecule is COc1ccccc1C(=O)[C@H](O)[C@@H](CC1CCCCC1)NP(=O)(c1ccccc1)c1ccccc1. The molecule has 2 N–H and O–H groups in total. The molecule has 0 radical (unpaired) electrons. The van der Waals surface area contributed by atoms with Gasteiger partial charge in [0.1, 0.15) is 11.9 Å². The Kier molecular flexibility index (Phi) is 8.56. The van der Waals surface area contributed by atoms with Gasteiger partial charge in [-0.2, -0.15) is 0 Å². The van der Waals surface area contributed by atoms with Crippen LogP contribution in [0.2, 0.25) is 0 Å². The summed E-state index contributed by atoms with van der Waals surface area (Å²) in [7, 11) is -1.84. The second-order valence-electron chi connectivity index (χ2n) is 9.27. The average molecular weight is 492 g/mol. The monoisotopic (exact) mass is 491 g/mol. The Morgan fingerprint density at radius 1 is 0.914 bits per heavy atom. The van der Waals surface area contributed by atoms with Crippen LogP contribution in [0.4, 0.5) is 0 Å². The first-order chi connectivity index (χ1) is 17.0. The quantitative estimate of drug-likeness (QED) is 0.305. The molecule has 1 saturated carbocycles. The van der Waals surface area contributed by atoms with Crippen molar-refractivity contribution in [1.82, 2.24) is 5.09 Å². The Balaban J connectivity index is 1.72. The second kappa shape index (κ2) is 11.8. The van der Waals surface area contributed by atoms with Gasteiger partial charge in [0.15, 0.2) is 5.78 Å². The summed E-state index contributed by atoms with van der Waals surface area (Å²) in [5, 5.41) is 16.1. The summed E-state index contributed by atoms with van der Waals surface area (Å²) in [4.78, 5) is 13.5. The summed E-state index contributed by atoms with van der Waals surface area (Å²) in [5.41, 5.74) is 0.326. The number of hydrogen-bond acceptors (Lipinski definition) is 4. The normalized spacial score (nSPS) is 16.4. The molecule has 3 aromatic rings. The molecule has 0 unspecified atom stereocenters. The van der Waals surface area contributed by atoms with Crippen molar-refractivity contribution in [2.45, 2.75) is 50.7 Å². The Hall–Kier alpha value is -2.72. The maximum atomic E-state index is 14.7. The van der Waals surface area contributed by atoms with Crippen molar-refractivity contribution < 1.29 is 19.2 Å².